The number of allylic oxidation sites excluding steroid dienone is 2. The molecule has 1 rings (SSSR count). The molecule has 1 aliphatic heterocycles. The molecule has 0 spiro atoms. The number of carbonyl (C=O) groups excluding carboxylic acids is 1. The maximum Gasteiger partial charge on any atom is 0.264 e. The Hall–Kier alpha value is -1.51. The van der Waals surface area contributed by atoms with Crippen LogP contribution in [-0.4, -0.2) is 17.4 Å². The lowest BCUT2D eigenvalue weighted by atomic mass is 10.2. The first kappa shape index (κ1) is 8.59. The van der Waals surface area contributed by atoms with Crippen LogP contribution >= 0.6 is 0 Å². The van der Waals surface area contributed by atoms with E-state index in [0.717, 1.165) is 5.57 Å². The molecule has 0 aromatic heterocycles. The highest BCUT2D eigenvalue weighted by molar-refractivity contribution is 5.90. The first-order valence-corrected chi connectivity index (χ1v) is 3.71. The fourth-order valence-electron chi connectivity index (χ4n) is 1.02. The number of primary amides is 1. The van der Waals surface area contributed by atoms with Gasteiger partial charge in [-0.25, -0.2) is 0 Å². The van der Waals surface area contributed by atoms with Gasteiger partial charge in [0.2, 0.25) is 0 Å². The lowest BCUT2D eigenvalue weighted by molar-refractivity contribution is -0.115. The third kappa shape index (κ3) is 1.75. The lowest BCUT2D eigenvalue weighted by Crippen LogP contribution is -2.28. The minimum absolute atomic E-state index is 0.332. The number of nitrogens with two attached hydrogens (primary N) is 1. The highest BCUT2D eigenvalue weighted by atomic mass is 16.1. The standard InChI is InChI=1S/C9H12N2O/c1-7-4-3-5-11(6-7)8(2)9(10)12/h3-4,6H,2,5H2,1H3,(H2,10,12). The zero-order valence-corrected chi connectivity index (χ0v) is 7.08. The molecule has 0 saturated carbocycles. The third-order valence-corrected chi connectivity index (χ3v) is 1.67. The van der Waals surface area contributed by atoms with Crippen LogP contribution in [0.1, 0.15) is 6.92 Å². The monoisotopic (exact) mass is 164 g/mol. The predicted molar refractivity (Wildman–Crippen MR) is 47.9 cm³/mol. The van der Waals surface area contributed by atoms with Crippen LogP contribution in [0.3, 0.4) is 0 Å². The minimum Gasteiger partial charge on any atom is -0.364 e. The van der Waals surface area contributed by atoms with Gasteiger partial charge in [0.05, 0.1) is 5.70 Å². The summed E-state index contributed by atoms with van der Waals surface area (Å²) in [6.45, 7) is 6.21. The van der Waals surface area contributed by atoms with E-state index in [1.165, 1.54) is 0 Å². The normalized spacial score (nSPS) is 15.8. The molecule has 0 aromatic rings. The molecule has 1 amide bonds. The molecule has 0 atom stereocenters. The first-order valence-electron chi connectivity index (χ1n) is 3.71. The average Bonchev–Trinajstić information content (AvgIpc) is 2.03. The summed E-state index contributed by atoms with van der Waals surface area (Å²) in [5.41, 5.74) is 6.50. The van der Waals surface area contributed by atoms with Gasteiger partial charge in [0, 0.05) is 12.7 Å². The molecular weight excluding hydrogens is 152 g/mol. The number of nitrogens with zero attached hydrogens (tertiary/aromatic N) is 1. The number of carbonyl (C=O) groups is 1. The summed E-state index contributed by atoms with van der Waals surface area (Å²) < 4.78 is 0. The summed E-state index contributed by atoms with van der Waals surface area (Å²) in [4.78, 5) is 12.5. The summed E-state index contributed by atoms with van der Waals surface area (Å²) in [5, 5.41) is 0. The molecule has 0 aliphatic carbocycles. The van der Waals surface area contributed by atoms with Crippen LogP contribution in [-0.2, 0) is 4.79 Å². The van der Waals surface area contributed by atoms with Crippen LogP contribution in [0, 0.1) is 0 Å². The van der Waals surface area contributed by atoms with E-state index < -0.39 is 5.91 Å². The molecule has 0 bridgehead atoms. The second-order valence-electron chi connectivity index (χ2n) is 2.74. The van der Waals surface area contributed by atoms with Gasteiger partial charge in [-0.1, -0.05) is 18.7 Å². The third-order valence-electron chi connectivity index (χ3n) is 1.67. The Bertz CT molecular complexity index is 276. The van der Waals surface area contributed by atoms with Crippen molar-refractivity contribution in [1.82, 2.24) is 4.90 Å². The van der Waals surface area contributed by atoms with E-state index in [-0.39, 0.29) is 0 Å². The Balaban J connectivity index is 2.73. The SMILES string of the molecule is C=C(C(N)=O)N1C=C(C)C=CC1. The molecule has 1 aliphatic rings. The smallest absolute Gasteiger partial charge is 0.264 e. The molecule has 0 unspecified atom stereocenters. The zero-order valence-electron chi connectivity index (χ0n) is 7.08. The molecule has 3 nitrogen and oxygen atoms in total. The van der Waals surface area contributed by atoms with E-state index in [9.17, 15) is 4.79 Å². The van der Waals surface area contributed by atoms with E-state index in [4.69, 9.17) is 5.73 Å². The Morgan fingerprint density at radius 3 is 2.92 bits per heavy atom. The van der Waals surface area contributed by atoms with Crippen molar-refractivity contribution in [1.29, 1.82) is 0 Å². The van der Waals surface area contributed by atoms with Gasteiger partial charge in [-0.3, -0.25) is 4.79 Å². The van der Waals surface area contributed by atoms with Crippen molar-refractivity contribution in [2.75, 3.05) is 6.54 Å². The molecule has 0 fully saturated rings. The summed E-state index contributed by atoms with van der Waals surface area (Å²) in [7, 11) is 0. The maximum absolute atomic E-state index is 10.7. The minimum atomic E-state index is -0.477. The molecule has 0 saturated heterocycles. The van der Waals surface area contributed by atoms with Crippen molar-refractivity contribution in [2.45, 2.75) is 6.92 Å². The topological polar surface area (TPSA) is 46.3 Å². The maximum atomic E-state index is 10.7. The van der Waals surface area contributed by atoms with Gasteiger partial charge in [0.25, 0.3) is 5.91 Å². The van der Waals surface area contributed by atoms with Gasteiger partial charge < -0.3 is 10.6 Å². The summed E-state index contributed by atoms with van der Waals surface area (Å²) in [5.74, 6) is -0.477. The van der Waals surface area contributed by atoms with Crippen molar-refractivity contribution in [3.8, 4) is 0 Å². The Kier molecular flexibility index (Phi) is 2.33. The van der Waals surface area contributed by atoms with E-state index in [2.05, 4.69) is 6.58 Å². The van der Waals surface area contributed by atoms with E-state index in [1.807, 2.05) is 25.3 Å². The molecule has 0 aromatic carbocycles. The Morgan fingerprint density at radius 1 is 1.75 bits per heavy atom. The number of rotatable bonds is 2. The van der Waals surface area contributed by atoms with Crippen LogP contribution in [0.5, 0.6) is 0 Å². The average molecular weight is 164 g/mol. The second-order valence-corrected chi connectivity index (χ2v) is 2.74. The van der Waals surface area contributed by atoms with Crippen molar-refractivity contribution in [3.05, 3.63) is 36.2 Å². The fourth-order valence-corrected chi connectivity index (χ4v) is 1.02. The van der Waals surface area contributed by atoms with Gasteiger partial charge in [0.15, 0.2) is 0 Å². The van der Waals surface area contributed by atoms with Gasteiger partial charge >= 0.3 is 0 Å². The lowest BCUT2D eigenvalue weighted by Gasteiger charge is -2.22. The van der Waals surface area contributed by atoms with Crippen LogP contribution in [0.15, 0.2) is 36.2 Å². The molecule has 64 valence electrons. The summed E-state index contributed by atoms with van der Waals surface area (Å²) in [6, 6.07) is 0. The molecule has 1 heterocycles. The van der Waals surface area contributed by atoms with Crippen molar-refractivity contribution >= 4 is 5.91 Å². The van der Waals surface area contributed by atoms with Crippen LogP contribution < -0.4 is 5.73 Å². The van der Waals surface area contributed by atoms with Gasteiger partial charge in [-0.15, -0.1) is 0 Å². The highest BCUT2D eigenvalue weighted by Gasteiger charge is 2.10. The largest absolute Gasteiger partial charge is 0.364 e. The highest BCUT2D eigenvalue weighted by Crippen LogP contribution is 2.10. The van der Waals surface area contributed by atoms with E-state index in [1.54, 1.807) is 4.90 Å². The molecule has 0 radical (unpaired) electrons. The van der Waals surface area contributed by atoms with Gasteiger partial charge in [-0.05, 0) is 12.5 Å². The van der Waals surface area contributed by atoms with Gasteiger partial charge in [-0.2, -0.15) is 0 Å². The molecule has 12 heavy (non-hydrogen) atoms. The van der Waals surface area contributed by atoms with Crippen LogP contribution in [0.4, 0.5) is 0 Å². The van der Waals surface area contributed by atoms with Crippen molar-refractivity contribution in [3.63, 3.8) is 0 Å². The van der Waals surface area contributed by atoms with Crippen LogP contribution in [0.25, 0.3) is 0 Å². The summed E-state index contributed by atoms with van der Waals surface area (Å²) >= 11 is 0. The van der Waals surface area contributed by atoms with Crippen molar-refractivity contribution in [2.24, 2.45) is 5.73 Å². The number of amides is 1. The second kappa shape index (κ2) is 3.26. The molecular formula is C9H12N2O. The summed E-state index contributed by atoms with van der Waals surface area (Å²) in [6.07, 6.45) is 5.81. The fraction of sp³-hybridized carbons (Fsp3) is 0.222. The predicted octanol–water partition coefficient (Wildman–Crippen LogP) is 0.761. The Morgan fingerprint density at radius 2 is 2.42 bits per heavy atom. The molecule has 3 heteroatoms. The Labute approximate surface area is 71.8 Å². The zero-order chi connectivity index (χ0) is 9.14. The van der Waals surface area contributed by atoms with E-state index >= 15 is 0 Å². The van der Waals surface area contributed by atoms with Crippen molar-refractivity contribution < 1.29 is 4.79 Å². The molecule has 2 N–H and O–H groups in total. The van der Waals surface area contributed by atoms with E-state index in [0.29, 0.717) is 12.2 Å². The number of hydrogen-bond acceptors (Lipinski definition) is 2. The number of hydrogen-bond donors (Lipinski definition) is 1. The first-order chi connectivity index (χ1) is 5.61. The quantitative estimate of drug-likeness (QED) is 0.612. The van der Waals surface area contributed by atoms with Gasteiger partial charge in [0.1, 0.15) is 0 Å². The van der Waals surface area contributed by atoms with Crippen LogP contribution in [0.2, 0.25) is 0 Å².